The van der Waals surface area contributed by atoms with E-state index in [1.165, 1.54) is 6.08 Å². The molecular formula is C18H19ClN4O4. The molecule has 3 rings (SSSR count). The van der Waals surface area contributed by atoms with Crippen LogP contribution in [0.4, 0.5) is 5.69 Å². The van der Waals surface area contributed by atoms with Crippen LogP contribution in [-0.2, 0) is 23.2 Å². The number of anilines is 1. The maximum atomic E-state index is 12.2. The monoisotopic (exact) mass is 390 g/mol. The van der Waals surface area contributed by atoms with Gasteiger partial charge in [-0.3, -0.25) is 19.2 Å². The normalized spacial score (nSPS) is 13.9. The molecule has 0 bridgehead atoms. The third-order valence-electron chi connectivity index (χ3n) is 4.02. The topological polar surface area (TPSA) is 96.7 Å². The summed E-state index contributed by atoms with van der Waals surface area (Å²) in [4.78, 5) is 24.9. The molecule has 1 aliphatic heterocycles. The first-order valence-electron chi connectivity index (χ1n) is 8.26. The number of halogens is 1. The molecule has 2 N–H and O–H groups in total. The van der Waals surface area contributed by atoms with Crippen molar-refractivity contribution >= 4 is 29.1 Å². The quantitative estimate of drug-likeness (QED) is 0.697. The fourth-order valence-electron chi connectivity index (χ4n) is 2.71. The maximum Gasteiger partial charge on any atom is 0.277 e. The number of rotatable bonds is 7. The van der Waals surface area contributed by atoms with Gasteiger partial charge in [0, 0.05) is 18.8 Å². The predicted octanol–water partition coefficient (Wildman–Crippen LogP) is 1.62. The molecule has 0 radical (unpaired) electrons. The lowest BCUT2D eigenvalue weighted by molar-refractivity contribution is -0.137. The largest absolute Gasteiger partial charge is 0.486 e. The second-order valence-corrected chi connectivity index (χ2v) is 6.44. The van der Waals surface area contributed by atoms with E-state index in [1.54, 1.807) is 22.9 Å². The van der Waals surface area contributed by atoms with Crippen molar-refractivity contribution in [1.82, 2.24) is 14.7 Å². The molecule has 9 heteroatoms. The van der Waals surface area contributed by atoms with E-state index in [1.807, 2.05) is 20.0 Å². The van der Waals surface area contributed by atoms with Crippen molar-refractivity contribution in [3.05, 3.63) is 52.4 Å². The molecule has 0 saturated heterocycles. The van der Waals surface area contributed by atoms with Gasteiger partial charge in [0.25, 0.3) is 11.8 Å². The Morgan fingerprint density at radius 3 is 2.70 bits per heavy atom. The number of aryl methyl sites for hydroxylation is 2. The number of amides is 2. The van der Waals surface area contributed by atoms with Gasteiger partial charge in [-0.2, -0.15) is 5.10 Å². The second-order valence-electron chi connectivity index (χ2n) is 6.04. The van der Waals surface area contributed by atoms with Gasteiger partial charge in [0.1, 0.15) is 18.1 Å². The number of β-amino-alcohol motifs (C(OH)–C–C–N with tert-alkyl or cyclic N) is 1. The zero-order chi connectivity index (χ0) is 19.6. The molecule has 1 aromatic carbocycles. The van der Waals surface area contributed by atoms with Gasteiger partial charge in [0.05, 0.1) is 29.6 Å². The third-order valence-corrected chi connectivity index (χ3v) is 4.31. The zero-order valence-electron chi connectivity index (χ0n) is 14.9. The molecule has 1 aliphatic rings. The number of carbonyl (C=O) groups excluding carboxylic acids is 2. The summed E-state index contributed by atoms with van der Waals surface area (Å²) in [5.41, 5.74) is 2.49. The van der Waals surface area contributed by atoms with E-state index in [2.05, 4.69) is 10.4 Å². The molecular weight excluding hydrogens is 372 g/mol. The number of aromatic nitrogens is 2. The van der Waals surface area contributed by atoms with E-state index in [0.29, 0.717) is 23.1 Å². The first-order valence-corrected chi connectivity index (χ1v) is 8.64. The Labute approximate surface area is 161 Å². The highest BCUT2D eigenvalue weighted by Crippen LogP contribution is 2.29. The number of imide groups is 1. The molecule has 142 valence electrons. The lowest BCUT2D eigenvalue weighted by atomic mass is 10.2. The molecule has 0 atom stereocenters. The molecule has 1 aromatic heterocycles. The molecule has 0 spiro atoms. The van der Waals surface area contributed by atoms with Crippen molar-refractivity contribution < 1.29 is 19.4 Å². The van der Waals surface area contributed by atoms with E-state index >= 15 is 0 Å². The molecule has 0 fully saturated rings. The highest BCUT2D eigenvalue weighted by atomic mass is 35.5. The molecule has 2 amide bonds. The smallest absolute Gasteiger partial charge is 0.277 e. The number of aliphatic hydroxyl groups excluding tert-OH is 1. The van der Waals surface area contributed by atoms with Crippen LogP contribution in [0.15, 0.2) is 36.0 Å². The van der Waals surface area contributed by atoms with Crippen LogP contribution in [0.2, 0.25) is 5.02 Å². The van der Waals surface area contributed by atoms with Crippen LogP contribution < -0.4 is 10.1 Å². The third kappa shape index (κ3) is 4.12. The van der Waals surface area contributed by atoms with Gasteiger partial charge >= 0.3 is 0 Å². The average Bonchev–Trinajstić information content (AvgIpc) is 3.07. The minimum absolute atomic E-state index is 0.0413. The van der Waals surface area contributed by atoms with Gasteiger partial charge in [0.2, 0.25) is 0 Å². The number of ether oxygens (including phenoxy) is 1. The Bertz CT molecular complexity index is 922. The number of nitrogens with one attached hydrogen (secondary N) is 1. The average molecular weight is 391 g/mol. The minimum Gasteiger partial charge on any atom is -0.486 e. The number of hydrogen-bond acceptors (Lipinski definition) is 6. The van der Waals surface area contributed by atoms with E-state index in [9.17, 15) is 9.59 Å². The van der Waals surface area contributed by atoms with Crippen LogP contribution >= 0.6 is 11.6 Å². The number of benzene rings is 1. The second kappa shape index (κ2) is 7.81. The molecule has 0 unspecified atom stereocenters. The van der Waals surface area contributed by atoms with Crippen LogP contribution in [0, 0.1) is 6.92 Å². The molecule has 2 aromatic rings. The summed E-state index contributed by atoms with van der Waals surface area (Å²) in [7, 11) is 1.84. The van der Waals surface area contributed by atoms with Gasteiger partial charge in [-0.25, -0.2) is 0 Å². The van der Waals surface area contributed by atoms with Gasteiger partial charge in [-0.15, -0.1) is 0 Å². The Balaban J connectivity index is 1.66. The van der Waals surface area contributed by atoms with Crippen molar-refractivity contribution in [1.29, 1.82) is 0 Å². The Hall–Kier alpha value is -2.84. The van der Waals surface area contributed by atoms with Crippen molar-refractivity contribution in [2.45, 2.75) is 13.5 Å². The summed E-state index contributed by atoms with van der Waals surface area (Å²) in [6, 6.07) is 6.92. The lowest BCUT2D eigenvalue weighted by Gasteiger charge is -2.14. The first kappa shape index (κ1) is 18.9. The summed E-state index contributed by atoms with van der Waals surface area (Å²) in [6.07, 6.45) is 1.20. The highest BCUT2D eigenvalue weighted by molar-refractivity contribution is 6.32. The van der Waals surface area contributed by atoms with Gasteiger partial charge in [-0.05, 0) is 31.2 Å². The van der Waals surface area contributed by atoms with Gasteiger partial charge in [0.15, 0.2) is 0 Å². The standard InChI is InChI=1S/C18H19ClN4O4/c1-11-7-13(22(2)21-11)10-27-16-4-3-12(8-14(16)19)20-15-9-17(25)23(5-6-24)18(15)26/h3-4,7-9,20,24H,5-6,10H2,1-2H3. The van der Waals surface area contributed by atoms with Crippen LogP contribution in [0.5, 0.6) is 5.75 Å². The van der Waals surface area contributed by atoms with Crippen LogP contribution in [0.25, 0.3) is 0 Å². The van der Waals surface area contributed by atoms with E-state index in [-0.39, 0.29) is 18.8 Å². The maximum absolute atomic E-state index is 12.2. The molecule has 27 heavy (non-hydrogen) atoms. The Morgan fingerprint density at radius 2 is 2.07 bits per heavy atom. The number of nitrogens with zero attached hydrogens (tertiary/aromatic N) is 3. The minimum atomic E-state index is -0.489. The van der Waals surface area contributed by atoms with E-state index in [0.717, 1.165) is 16.3 Å². The summed E-state index contributed by atoms with van der Waals surface area (Å²) in [5, 5.41) is 16.4. The fourth-order valence-corrected chi connectivity index (χ4v) is 2.95. The Kier molecular flexibility index (Phi) is 5.48. The predicted molar refractivity (Wildman–Crippen MR) is 99.2 cm³/mol. The fraction of sp³-hybridized carbons (Fsp3) is 0.278. The van der Waals surface area contributed by atoms with Crippen molar-refractivity contribution in [2.75, 3.05) is 18.5 Å². The Morgan fingerprint density at radius 1 is 1.30 bits per heavy atom. The molecule has 2 heterocycles. The number of aliphatic hydroxyl groups is 1. The van der Waals surface area contributed by atoms with Crippen molar-refractivity contribution in [2.24, 2.45) is 7.05 Å². The highest BCUT2D eigenvalue weighted by Gasteiger charge is 2.30. The van der Waals surface area contributed by atoms with Gasteiger partial charge < -0.3 is 15.2 Å². The van der Waals surface area contributed by atoms with Crippen molar-refractivity contribution in [3.63, 3.8) is 0 Å². The summed E-state index contributed by atoms with van der Waals surface area (Å²) in [6.45, 7) is 1.90. The number of hydrogen-bond donors (Lipinski definition) is 2. The van der Waals surface area contributed by atoms with Crippen LogP contribution in [-0.4, -0.2) is 44.8 Å². The molecule has 0 aliphatic carbocycles. The van der Waals surface area contributed by atoms with E-state index in [4.69, 9.17) is 21.4 Å². The summed E-state index contributed by atoms with van der Waals surface area (Å²) in [5.74, 6) is -0.461. The lowest BCUT2D eigenvalue weighted by Crippen LogP contribution is -2.34. The zero-order valence-corrected chi connectivity index (χ0v) is 15.7. The number of carbonyl (C=O) groups is 2. The van der Waals surface area contributed by atoms with Crippen LogP contribution in [0.3, 0.4) is 0 Å². The van der Waals surface area contributed by atoms with Crippen LogP contribution in [0.1, 0.15) is 11.4 Å². The van der Waals surface area contributed by atoms with E-state index < -0.39 is 11.8 Å². The van der Waals surface area contributed by atoms with Crippen molar-refractivity contribution in [3.8, 4) is 5.75 Å². The summed E-state index contributed by atoms with van der Waals surface area (Å²) < 4.78 is 7.48. The first-order chi connectivity index (χ1) is 12.9. The molecule has 0 saturated carbocycles. The summed E-state index contributed by atoms with van der Waals surface area (Å²) >= 11 is 6.27. The molecule has 8 nitrogen and oxygen atoms in total. The van der Waals surface area contributed by atoms with Gasteiger partial charge in [-0.1, -0.05) is 11.6 Å². The SMILES string of the molecule is Cc1cc(COc2ccc(NC3=CC(=O)N(CCO)C3=O)cc2Cl)n(C)n1.